The molecule has 0 saturated heterocycles. The summed E-state index contributed by atoms with van der Waals surface area (Å²) in [6, 6.07) is 8.86. The summed E-state index contributed by atoms with van der Waals surface area (Å²) in [6.07, 6.45) is 11.3. The summed E-state index contributed by atoms with van der Waals surface area (Å²) < 4.78 is 28.2. The summed E-state index contributed by atoms with van der Waals surface area (Å²) in [7, 11) is -3.55. The van der Waals surface area contributed by atoms with E-state index in [-0.39, 0.29) is 13.2 Å². The van der Waals surface area contributed by atoms with Crippen molar-refractivity contribution in [2.45, 2.75) is 50.9 Å². The molecule has 0 bridgehead atoms. The summed E-state index contributed by atoms with van der Waals surface area (Å²) >= 11 is 0. The molecule has 2 rings (SSSR count). The lowest BCUT2D eigenvalue weighted by atomic mass is 9.83. The summed E-state index contributed by atoms with van der Waals surface area (Å²) in [6.45, 7) is 7.66. The van der Waals surface area contributed by atoms with Crippen molar-refractivity contribution in [1.82, 2.24) is 0 Å². The van der Waals surface area contributed by atoms with Crippen LogP contribution in [-0.4, -0.2) is 19.8 Å². The SMILES string of the molecule is C=CCOP(=O)(OCC=C)OCCCc1cccc(C2CCCCC2)c1. The Morgan fingerprint density at radius 3 is 2.38 bits per heavy atom. The molecule has 0 heterocycles. The first-order valence-electron chi connectivity index (χ1n) is 9.51. The minimum atomic E-state index is -3.55. The lowest BCUT2D eigenvalue weighted by Gasteiger charge is -2.22. The molecule has 1 aromatic carbocycles. The highest BCUT2D eigenvalue weighted by molar-refractivity contribution is 7.48. The maximum Gasteiger partial charge on any atom is 0.475 e. The molecule has 0 unspecified atom stereocenters. The summed E-state index contributed by atoms with van der Waals surface area (Å²) in [4.78, 5) is 0. The molecule has 1 aliphatic rings. The fraction of sp³-hybridized carbons (Fsp3) is 0.524. The molecule has 0 aliphatic heterocycles. The maximum absolute atomic E-state index is 12.4. The van der Waals surface area contributed by atoms with E-state index < -0.39 is 7.82 Å². The van der Waals surface area contributed by atoms with Crippen molar-refractivity contribution < 1.29 is 18.1 Å². The first-order chi connectivity index (χ1) is 12.7. The Morgan fingerprint density at radius 1 is 1.04 bits per heavy atom. The highest BCUT2D eigenvalue weighted by Gasteiger charge is 2.25. The third-order valence-electron chi connectivity index (χ3n) is 4.59. The Labute approximate surface area is 157 Å². The van der Waals surface area contributed by atoms with Crippen LogP contribution in [-0.2, 0) is 24.6 Å². The zero-order chi connectivity index (χ0) is 18.7. The van der Waals surface area contributed by atoms with Crippen molar-refractivity contribution >= 4 is 7.82 Å². The van der Waals surface area contributed by atoms with Gasteiger partial charge in [0.2, 0.25) is 0 Å². The van der Waals surface area contributed by atoms with Gasteiger partial charge in [0.05, 0.1) is 19.8 Å². The predicted molar refractivity (Wildman–Crippen MR) is 106 cm³/mol. The second-order valence-electron chi connectivity index (χ2n) is 6.63. The zero-order valence-corrected chi connectivity index (χ0v) is 16.5. The molecule has 0 radical (unpaired) electrons. The van der Waals surface area contributed by atoms with E-state index in [9.17, 15) is 4.57 Å². The Balaban J connectivity index is 1.81. The van der Waals surface area contributed by atoms with Crippen molar-refractivity contribution in [1.29, 1.82) is 0 Å². The minimum Gasteiger partial charge on any atom is -0.287 e. The molecule has 1 aliphatic carbocycles. The van der Waals surface area contributed by atoms with Crippen LogP contribution in [0.1, 0.15) is 55.6 Å². The molecule has 26 heavy (non-hydrogen) atoms. The molecule has 1 fully saturated rings. The first kappa shape index (κ1) is 21.1. The van der Waals surface area contributed by atoms with E-state index in [2.05, 4.69) is 37.4 Å². The lowest BCUT2D eigenvalue weighted by molar-refractivity contribution is 0.130. The fourth-order valence-electron chi connectivity index (χ4n) is 3.29. The average molecular weight is 378 g/mol. The van der Waals surface area contributed by atoms with Crippen LogP contribution >= 0.6 is 7.82 Å². The van der Waals surface area contributed by atoms with Gasteiger partial charge in [0.25, 0.3) is 0 Å². The number of rotatable bonds is 12. The van der Waals surface area contributed by atoms with Crippen LogP contribution in [0.2, 0.25) is 0 Å². The van der Waals surface area contributed by atoms with Crippen LogP contribution in [0, 0.1) is 0 Å². The van der Waals surface area contributed by atoms with Crippen LogP contribution < -0.4 is 0 Å². The molecule has 0 aromatic heterocycles. The van der Waals surface area contributed by atoms with Crippen molar-refractivity contribution in [3.63, 3.8) is 0 Å². The molecule has 1 saturated carbocycles. The van der Waals surface area contributed by atoms with E-state index in [1.807, 2.05) is 0 Å². The Bertz CT molecular complexity index is 592. The highest BCUT2D eigenvalue weighted by Crippen LogP contribution is 2.49. The molecule has 0 N–H and O–H groups in total. The molecule has 1 aromatic rings. The smallest absolute Gasteiger partial charge is 0.287 e. The largest absolute Gasteiger partial charge is 0.475 e. The summed E-state index contributed by atoms with van der Waals surface area (Å²) in [5.74, 6) is 0.708. The van der Waals surface area contributed by atoms with Crippen LogP contribution in [0.15, 0.2) is 49.6 Å². The van der Waals surface area contributed by atoms with Gasteiger partial charge in [0, 0.05) is 0 Å². The van der Waals surface area contributed by atoms with Crippen LogP contribution in [0.4, 0.5) is 0 Å². The summed E-state index contributed by atoms with van der Waals surface area (Å²) in [5, 5.41) is 0. The van der Waals surface area contributed by atoms with Gasteiger partial charge in [0.15, 0.2) is 0 Å². The normalized spacial score (nSPS) is 15.7. The number of hydrogen-bond donors (Lipinski definition) is 0. The predicted octanol–water partition coefficient (Wildman–Crippen LogP) is 6.20. The fourth-order valence-corrected chi connectivity index (χ4v) is 4.44. The third-order valence-corrected chi connectivity index (χ3v) is 6.02. The Hall–Kier alpha value is -1.19. The van der Waals surface area contributed by atoms with Crippen LogP contribution in [0.25, 0.3) is 0 Å². The second kappa shape index (κ2) is 11.5. The van der Waals surface area contributed by atoms with Crippen molar-refractivity contribution in [2.75, 3.05) is 19.8 Å². The van der Waals surface area contributed by atoms with E-state index in [1.165, 1.54) is 55.4 Å². The number of phosphoric ester groups is 1. The first-order valence-corrected chi connectivity index (χ1v) is 11.0. The number of hydrogen-bond acceptors (Lipinski definition) is 4. The second-order valence-corrected chi connectivity index (χ2v) is 8.30. The number of aryl methyl sites for hydroxylation is 1. The van der Waals surface area contributed by atoms with E-state index in [1.54, 1.807) is 0 Å². The minimum absolute atomic E-state index is 0.123. The number of benzene rings is 1. The summed E-state index contributed by atoms with van der Waals surface area (Å²) in [5.41, 5.74) is 2.75. The topological polar surface area (TPSA) is 44.8 Å². The van der Waals surface area contributed by atoms with Gasteiger partial charge in [-0.25, -0.2) is 4.57 Å². The molecule has 0 spiro atoms. The van der Waals surface area contributed by atoms with Crippen molar-refractivity contribution in [3.05, 3.63) is 60.7 Å². The zero-order valence-electron chi connectivity index (χ0n) is 15.6. The van der Waals surface area contributed by atoms with Gasteiger partial charge in [0.1, 0.15) is 0 Å². The molecular weight excluding hydrogens is 347 g/mol. The number of phosphoric acid groups is 1. The van der Waals surface area contributed by atoms with Gasteiger partial charge in [-0.1, -0.05) is 55.7 Å². The average Bonchev–Trinajstić information content (AvgIpc) is 2.69. The van der Waals surface area contributed by atoms with E-state index in [0.717, 1.165) is 12.8 Å². The van der Waals surface area contributed by atoms with Gasteiger partial charge in [-0.05, 0) is 42.7 Å². The quantitative estimate of drug-likeness (QED) is 0.247. The van der Waals surface area contributed by atoms with Gasteiger partial charge in [-0.15, -0.1) is 13.2 Å². The van der Waals surface area contributed by atoms with Crippen molar-refractivity contribution in [3.8, 4) is 0 Å². The van der Waals surface area contributed by atoms with Crippen molar-refractivity contribution in [2.24, 2.45) is 0 Å². The van der Waals surface area contributed by atoms with Crippen LogP contribution in [0.3, 0.4) is 0 Å². The molecule has 5 heteroatoms. The van der Waals surface area contributed by atoms with E-state index in [4.69, 9.17) is 13.6 Å². The molecule has 4 nitrogen and oxygen atoms in total. The third kappa shape index (κ3) is 7.20. The van der Waals surface area contributed by atoms with Gasteiger partial charge in [-0.3, -0.25) is 13.6 Å². The van der Waals surface area contributed by atoms with E-state index in [0.29, 0.717) is 12.5 Å². The highest BCUT2D eigenvalue weighted by atomic mass is 31.2. The van der Waals surface area contributed by atoms with Crippen LogP contribution in [0.5, 0.6) is 0 Å². The molecule has 0 atom stereocenters. The maximum atomic E-state index is 12.4. The molecular formula is C21H31O4P. The Morgan fingerprint density at radius 2 is 1.73 bits per heavy atom. The molecule has 0 amide bonds. The Kier molecular flexibility index (Phi) is 9.35. The lowest BCUT2D eigenvalue weighted by Crippen LogP contribution is -2.05. The van der Waals surface area contributed by atoms with E-state index >= 15 is 0 Å². The van der Waals surface area contributed by atoms with Gasteiger partial charge >= 0.3 is 7.82 Å². The monoisotopic (exact) mass is 378 g/mol. The van der Waals surface area contributed by atoms with Gasteiger partial charge < -0.3 is 0 Å². The molecule has 144 valence electrons. The standard InChI is InChI=1S/C21H31O4P/c1-3-15-23-26(22,24-16-4-2)25-17-9-11-19-10-8-14-21(18-19)20-12-6-5-7-13-20/h3-4,8,10,14,18,20H,1-2,5-7,9,11-13,15-17H2. The van der Waals surface area contributed by atoms with Gasteiger partial charge in [-0.2, -0.15) is 0 Å².